The van der Waals surface area contributed by atoms with Gasteiger partial charge in [0.05, 0.1) is 4.88 Å². The first-order valence-electron chi connectivity index (χ1n) is 7.70. The van der Waals surface area contributed by atoms with Crippen LogP contribution in [0.1, 0.15) is 38.9 Å². The zero-order valence-electron chi connectivity index (χ0n) is 13.3. The summed E-state index contributed by atoms with van der Waals surface area (Å²) in [6.45, 7) is 6.52. The van der Waals surface area contributed by atoms with Gasteiger partial charge in [-0.1, -0.05) is 6.92 Å². The first-order chi connectivity index (χ1) is 10.6. The number of amides is 1. The molecule has 1 aliphatic rings. The predicted molar refractivity (Wildman–Crippen MR) is 88.3 cm³/mol. The topological polar surface area (TPSA) is 50.2 Å². The molecule has 1 aliphatic heterocycles. The third-order valence-corrected chi connectivity index (χ3v) is 5.35. The highest BCUT2D eigenvalue weighted by Crippen LogP contribution is 2.27. The third-order valence-electron chi connectivity index (χ3n) is 4.27. The molecule has 0 aromatic carbocycles. The van der Waals surface area contributed by atoms with E-state index in [1.165, 1.54) is 10.4 Å². The van der Waals surface area contributed by atoms with Crippen molar-refractivity contribution in [2.75, 3.05) is 19.6 Å². The Labute approximate surface area is 135 Å². The Morgan fingerprint density at radius 3 is 3.00 bits per heavy atom. The zero-order chi connectivity index (χ0) is 15.7. The average molecular weight is 318 g/mol. The highest BCUT2D eigenvalue weighted by atomic mass is 32.1. The second kappa shape index (κ2) is 6.22. The van der Waals surface area contributed by atoms with Gasteiger partial charge in [0.25, 0.3) is 5.91 Å². The van der Waals surface area contributed by atoms with Gasteiger partial charge >= 0.3 is 0 Å². The van der Waals surface area contributed by atoms with Crippen LogP contribution in [-0.4, -0.2) is 40.0 Å². The molecular formula is C16H22N4OS. The maximum absolute atomic E-state index is 13.0. The minimum absolute atomic E-state index is 0.00580. The van der Waals surface area contributed by atoms with Gasteiger partial charge < -0.3 is 14.8 Å². The minimum Gasteiger partial charge on any atom is -0.336 e. The van der Waals surface area contributed by atoms with Crippen LogP contribution < -0.4 is 5.32 Å². The SMILES string of the molecule is CCc1cc(C(=O)N2CCNCC2c2nccn2C)sc1C. The van der Waals surface area contributed by atoms with Crippen LogP contribution in [-0.2, 0) is 13.5 Å². The highest BCUT2D eigenvalue weighted by molar-refractivity contribution is 7.14. The second-order valence-corrected chi connectivity index (χ2v) is 6.92. The number of piperazine rings is 1. The molecule has 0 bridgehead atoms. The number of hydrogen-bond donors (Lipinski definition) is 1. The summed E-state index contributed by atoms with van der Waals surface area (Å²) >= 11 is 1.61. The van der Waals surface area contributed by atoms with E-state index in [2.05, 4.69) is 30.2 Å². The molecule has 6 heteroatoms. The van der Waals surface area contributed by atoms with Crippen molar-refractivity contribution in [1.82, 2.24) is 19.8 Å². The number of carbonyl (C=O) groups excluding carboxylic acids is 1. The van der Waals surface area contributed by atoms with Gasteiger partial charge in [0, 0.05) is 44.0 Å². The Bertz CT molecular complexity index is 675. The molecule has 2 aromatic rings. The van der Waals surface area contributed by atoms with E-state index in [0.717, 1.165) is 36.8 Å². The normalized spacial score (nSPS) is 18.7. The van der Waals surface area contributed by atoms with E-state index in [0.29, 0.717) is 0 Å². The molecule has 0 radical (unpaired) electrons. The average Bonchev–Trinajstić information content (AvgIpc) is 3.12. The van der Waals surface area contributed by atoms with Crippen LogP contribution in [0, 0.1) is 6.92 Å². The van der Waals surface area contributed by atoms with E-state index in [9.17, 15) is 4.79 Å². The Morgan fingerprint density at radius 2 is 2.36 bits per heavy atom. The minimum atomic E-state index is -0.00580. The van der Waals surface area contributed by atoms with E-state index < -0.39 is 0 Å². The van der Waals surface area contributed by atoms with Gasteiger partial charge in [-0.05, 0) is 25.0 Å². The molecule has 1 atom stereocenters. The van der Waals surface area contributed by atoms with Crippen LogP contribution in [0.5, 0.6) is 0 Å². The summed E-state index contributed by atoms with van der Waals surface area (Å²) in [6.07, 6.45) is 4.69. The molecule has 1 amide bonds. The van der Waals surface area contributed by atoms with Gasteiger partial charge in [-0.3, -0.25) is 4.79 Å². The summed E-state index contributed by atoms with van der Waals surface area (Å²) in [7, 11) is 1.98. The summed E-state index contributed by atoms with van der Waals surface area (Å²) in [4.78, 5) is 21.5. The number of imidazole rings is 1. The Hall–Kier alpha value is -1.66. The molecule has 0 saturated carbocycles. The first-order valence-corrected chi connectivity index (χ1v) is 8.51. The molecular weight excluding hydrogens is 296 g/mol. The maximum Gasteiger partial charge on any atom is 0.264 e. The lowest BCUT2D eigenvalue weighted by atomic mass is 10.1. The van der Waals surface area contributed by atoms with Gasteiger partial charge in [-0.25, -0.2) is 4.98 Å². The first kappa shape index (κ1) is 15.2. The number of hydrogen-bond acceptors (Lipinski definition) is 4. The third kappa shape index (κ3) is 2.68. The molecule has 3 heterocycles. The molecule has 118 valence electrons. The fourth-order valence-electron chi connectivity index (χ4n) is 2.99. The fourth-order valence-corrected chi connectivity index (χ4v) is 4.06. The van der Waals surface area contributed by atoms with Gasteiger partial charge in [-0.2, -0.15) is 0 Å². The second-order valence-electron chi connectivity index (χ2n) is 5.66. The number of rotatable bonds is 3. The van der Waals surface area contributed by atoms with Gasteiger partial charge in [0.2, 0.25) is 0 Å². The maximum atomic E-state index is 13.0. The molecule has 1 unspecified atom stereocenters. The Balaban J connectivity index is 1.90. The van der Waals surface area contributed by atoms with Crippen molar-refractivity contribution in [3.8, 4) is 0 Å². The van der Waals surface area contributed by atoms with Crippen LogP contribution in [0.15, 0.2) is 18.5 Å². The van der Waals surface area contributed by atoms with Crippen molar-refractivity contribution < 1.29 is 4.79 Å². The van der Waals surface area contributed by atoms with E-state index in [4.69, 9.17) is 0 Å². The number of carbonyl (C=O) groups is 1. The van der Waals surface area contributed by atoms with Gasteiger partial charge in [0.15, 0.2) is 0 Å². The zero-order valence-corrected chi connectivity index (χ0v) is 14.1. The molecule has 0 aliphatic carbocycles. The van der Waals surface area contributed by atoms with Crippen molar-refractivity contribution in [2.45, 2.75) is 26.3 Å². The van der Waals surface area contributed by atoms with E-state index in [1.54, 1.807) is 17.5 Å². The van der Waals surface area contributed by atoms with Crippen LogP contribution in [0.3, 0.4) is 0 Å². The molecule has 2 aromatic heterocycles. The van der Waals surface area contributed by atoms with Gasteiger partial charge in [0.1, 0.15) is 11.9 Å². The number of thiophene rings is 1. The van der Waals surface area contributed by atoms with E-state index in [-0.39, 0.29) is 11.9 Å². The smallest absolute Gasteiger partial charge is 0.264 e. The standard InChI is InChI=1S/C16H22N4OS/c1-4-12-9-14(22-11(12)2)16(21)20-8-5-17-10-13(20)15-18-6-7-19(15)3/h6-7,9,13,17H,4-5,8,10H2,1-3H3. The highest BCUT2D eigenvalue weighted by Gasteiger charge is 2.31. The number of aryl methyl sites for hydroxylation is 3. The lowest BCUT2D eigenvalue weighted by Crippen LogP contribution is -2.49. The van der Waals surface area contributed by atoms with E-state index in [1.807, 2.05) is 22.7 Å². The fraction of sp³-hybridized carbons (Fsp3) is 0.500. The number of nitrogens with zero attached hydrogens (tertiary/aromatic N) is 3. The molecule has 1 fully saturated rings. The van der Waals surface area contributed by atoms with Crippen LogP contribution in [0.25, 0.3) is 0 Å². The van der Waals surface area contributed by atoms with Crippen LogP contribution >= 0.6 is 11.3 Å². The monoisotopic (exact) mass is 318 g/mol. The molecule has 1 N–H and O–H groups in total. The molecule has 22 heavy (non-hydrogen) atoms. The summed E-state index contributed by atoms with van der Waals surface area (Å²) in [5.74, 6) is 1.06. The number of nitrogens with one attached hydrogen (secondary N) is 1. The summed E-state index contributed by atoms with van der Waals surface area (Å²) < 4.78 is 2.00. The lowest BCUT2D eigenvalue weighted by molar-refractivity contribution is 0.0626. The molecule has 5 nitrogen and oxygen atoms in total. The Kier molecular flexibility index (Phi) is 4.31. The van der Waals surface area contributed by atoms with Crippen molar-refractivity contribution in [3.05, 3.63) is 39.6 Å². The van der Waals surface area contributed by atoms with E-state index >= 15 is 0 Å². The predicted octanol–water partition coefficient (Wildman–Crippen LogP) is 2.14. The van der Waals surface area contributed by atoms with Crippen LogP contribution in [0.4, 0.5) is 0 Å². The number of aromatic nitrogens is 2. The quantitative estimate of drug-likeness (QED) is 0.943. The van der Waals surface area contributed by atoms with Crippen molar-refractivity contribution in [1.29, 1.82) is 0 Å². The molecule has 3 rings (SSSR count). The Morgan fingerprint density at radius 1 is 1.55 bits per heavy atom. The summed E-state index contributed by atoms with van der Waals surface area (Å²) in [5, 5.41) is 3.37. The molecule has 1 saturated heterocycles. The van der Waals surface area contributed by atoms with Crippen molar-refractivity contribution in [3.63, 3.8) is 0 Å². The summed E-state index contributed by atoms with van der Waals surface area (Å²) in [5.41, 5.74) is 1.28. The lowest BCUT2D eigenvalue weighted by Gasteiger charge is -2.35. The molecule has 0 spiro atoms. The summed E-state index contributed by atoms with van der Waals surface area (Å²) in [6, 6.07) is 2.05. The largest absolute Gasteiger partial charge is 0.336 e. The van der Waals surface area contributed by atoms with Crippen LogP contribution in [0.2, 0.25) is 0 Å². The van der Waals surface area contributed by atoms with Crippen molar-refractivity contribution >= 4 is 17.2 Å². The van der Waals surface area contributed by atoms with Gasteiger partial charge in [-0.15, -0.1) is 11.3 Å². The van der Waals surface area contributed by atoms with Crippen molar-refractivity contribution in [2.24, 2.45) is 7.05 Å².